The number of rotatable bonds is 2. The molecule has 1 saturated heterocycles. The van der Waals surface area contributed by atoms with Gasteiger partial charge in [0.05, 0.1) is 0 Å². The third kappa shape index (κ3) is 3.02. The molecule has 0 saturated carbocycles. The van der Waals surface area contributed by atoms with Crippen LogP contribution in [0.25, 0.3) is 0 Å². The van der Waals surface area contributed by atoms with Gasteiger partial charge in [-0.2, -0.15) is 0 Å². The van der Waals surface area contributed by atoms with Crippen LogP contribution in [0.3, 0.4) is 0 Å². The molecule has 17 heavy (non-hydrogen) atoms. The Kier molecular flexibility index (Phi) is 4.10. The van der Waals surface area contributed by atoms with Crippen molar-refractivity contribution in [2.24, 2.45) is 5.92 Å². The van der Waals surface area contributed by atoms with E-state index >= 15 is 0 Å². The predicted octanol–water partition coefficient (Wildman–Crippen LogP) is 3.86. The molecule has 1 unspecified atom stereocenters. The Morgan fingerprint density at radius 1 is 1.53 bits per heavy atom. The maximum absolute atomic E-state index is 12.0. The van der Waals surface area contributed by atoms with Crippen LogP contribution in [0.4, 0.5) is 0 Å². The number of hydrogen-bond donors (Lipinski definition) is 0. The summed E-state index contributed by atoms with van der Waals surface area (Å²) in [4.78, 5) is 13.9. The van der Waals surface area contributed by atoms with Gasteiger partial charge < -0.3 is 4.90 Å². The first-order valence-corrected chi connectivity index (χ1v) is 6.97. The molecule has 0 bridgehead atoms. The van der Waals surface area contributed by atoms with E-state index in [9.17, 15) is 4.79 Å². The van der Waals surface area contributed by atoms with E-state index in [1.807, 2.05) is 30.0 Å². The third-order valence-electron chi connectivity index (χ3n) is 3.17. The standard InChI is InChI=1S/C13H15BrClNO/c1-9-3-2-6-16(13(9)17)8-10-4-5-11(14)7-12(10)15/h4-5,7,9H,2-3,6,8H2,1H3. The van der Waals surface area contributed by atoms with E-state index < -0.39 is 0 Å². The fourth-order valence-electron chi connectivity index (χ4n) is 2.15. The number of carbonyl (C=O) groups is 1. The molecule has 1 amide bonds. The van der Waals surface area contributed by atoms with Gasteiger partial charge in [-0.1, -0.05) is 40.5 Å². The van der Waals surface area contributed by atoms with Gasteiger partial charge in [0, 0.05) is 28.5 Å². The number of carbonyl (C=O) groups excluding carboxylic acids is 1. The molecule has 1 heterocycles. The summed E-state index contributed by atoms with van der Waals surface area (Å²) < 4.78 is 0.963. The van der Waals surface area contributed by atoms with Crippen LogP contribution < -0.4 is 0 Å². The zero-order valence-corrected chi connectivity index (χ0v) is 12.1. The van der Waals surface area contributed by atoms with Crippen molar-refractivity contribution in [3.8, 4) is 0 Å². The molecule has 2 nitrogen and oxygen atoms in total. The predicted molar refractivity (Wildman–Crippen MR) is 73.0 cm³/mol. The van der Waals surface area contributed by atoms with Crippen LogP contribution in [-0.4, -0.2) is 17.4 Å². The average Bonchev–Trinajstić information content (AvgIpc) is 2.28. The Hall–Kier alpha value is -0.540. The van der Waals surface area contributed by atoms with E-state index in [2.05, 4.69) is 15.9 Å². The number of likely N-dealkylation sites (tertiary alicyclic amines) is 1. The molecule has 1 aliphatic heterocycles. The lowest BCUT2D eigenvalue weighted by atomic mass is 9.99. The van der Waals surface area contributed by atoms with E-state index in [0.29, 0.717) is 11.6 Å². The second-order valence-corrected chi connectivity index (χ2v) is 5.86. The quantitative estimate of drug-likeness (QED) is 0.811. The number of halogens is 2. The van der Waals surface area contributed by atoms with Gasteiger partial charge in [0.2, 0.25) is 5.91 Å². The van der Waals surface area contributed by atoms with E-state index in [-0.39, 0.29) is 11.8 Å². The lowest BCUT2D eigenvalue weighted by Gasteiger charge is -2.31. The number of benzene rings is 1. The average molecular weight is 317 g/mol. The Bertz CT molecular complexity index is 435. The topological polar surface area (TPSA) is 20.3 Å². The summed E-state index contributed by atoms with van der Waals surface area (Å²) in [6.07, 6.45) is 2.09. The molecule has 0 radical (unpaired) electrons. The first-order valence-electron chi connectivity index (χ1n) is 5.80. The highest BCUT2D eigenvalue weighted by molar-refractivity contribution is 9.10. The summed E-state index contributed by atoms with van der Waals surface area (Å²) in [6.45, 7) is 3.46. The Morgan fingerprint density at radius 2 is 2.29 bits per heavy atom. The zero-order valence-electron chi connectivity index (χ0n) is 9.75. The highest BCUT2D eigenvalue weighted by atomic mass is 79.9. The summed E-state index contributed by atoms with van der Waals surface area (Å²) in [7, 11) is 0. The monoisotopic (exact) mass is 315 g/mol. The molecule has 1 atom stereocenters. The maximum atomic E-state index is 12.0. The molecule has 0 spiro atoms. The molecule has 1 fully saturated rings. The fourth-order valence-corrected chi connectivity index (χ4v) is 2.88. The van der Waals surface area contributed by atoms with Crippen molar-refractivity contribution in [2.75, 3.05) is 6.54 Å². The SMILES string of the molecule is CC1CCCN(Cc2ccc(Br)cc2Cl)C1=O. The minimum atomic E-state index is 0.151. The largest absolute Gasteiger partial charge is 0.338 e. The molecule has 1 aliphatic rings. The van der Waals surface area contributed by atoms with Crippen LogP contribution in [0, 0.1) is 5.92 Å². The van der Waals surface area contributed by atoms with Crippen LogP contribution >= 0.6 is 27.5 Å². The third-order valence-corrected chi connectivity index (χ3v) is 4.02. The lowest BCUT2D eigenvalue weighted by molar-refractivity contribution is -0.138. The minimum absolute atomic E-state index is 0.151. The van der Waals surface area contributed by atoms with Crippen molar-refractivity contribution < 1.29 is 4.79 Å². The van der Waals surface area contributed by atoms with Gasteiger partial charge in [-0.15, -0.1) is 0 Å². The summed E-state index contributed by atoms with van der Waals surface area (Å²) in [6, 6.07) is 5.80. The molecule has 0 aromatic heterocycles. The zero-order chi connectivity index (χ0) is 12.4. The number of amides is 1. The summed E-state index contributed by atoms with van der Waals surface area (Å²) in [5, 5.41) is 0.713. The first kappa shape index (κ1) is 12.9. The summed E-state index contributed by atoms with van der Waals surface area (Å²) in [5.41, 5.74) is 1.01. The number of nitrogens with zero attached hydrogens (tertiary/aromatic N) is 1. The normalized spacial score (nSPS) is 20.8. The van der Waals surface area contributed by atoms with Gasteiger partial charge in [0.25, 0.3) is 0 Å². The number of hydrogen-bond acceptors (Lipinski definition) is 1. The second kappa shape index (κ2) is 5.40. The van der Waals surface area contributed by atoms with E-state index in [1.165, 1.54) is 0 Å². The molecule has 2 rings (SSSR count). The van der Waals surface area contributed by atoms with Crippen molar-refractivity contribution in [2.45, 2.75) is 26.3 Å². The van der Waals surface area contributed by atoms with E-state index in [4.69, 9.17) is 11.6 Å². The van der Waals surface area contributed by atoms with Gasteiger partial charge in [-0.25, -0.2) is 0 Å². The first-order chi connectivity index (χ1) is 8.08. The molecule has 0 N–H and O–H groups in total. The molecular weight excluding hydrogens is 302 g/mol. The van der Waals surface area contributed by atoms with Crippen LogP contribution in [0.1, 0.15) is 25.3 Å². The lowest BCUT2D eigenvalue weighted by Crippen LogP contribution is -2.39. The van der Waals surface area contributed by atoms with Gasteiger partial charge in [0.1, 0.15) is 0 Å². The Balaban J connectivity index is 2.12. The highest BCUT2D eigenvalue weighted by Gasteiger charge is 2.25. The van der Waals surface area contributed by atoms with Crippen molar-refractivity contribution in [3.63, 3.8) is 0 Å². The van der Waals surface area contributed by atoms with E-state index in [1.54, 1.807) is 0 Å². The highest BCUT2D eigenvalue weighted by Crippen LogP contribution is 2.25. The smallest absolute Gasteiger partial charge is 0.225 e. The molecular formula is C13H15BrClNO. The van der Waals surface area contributed by atoms with Crippen molar-refractivity contribution in [1.82, 2.24) is 4.90 Å². The van der Waals surface area contributed by atoms with Gasteiger partial charge in [-0.05, 0) is 30.5 Å². The van der Waals surface area contributed by atoms with Gasteiger partial charge in [-0.3, -0.25) is 4.79 Å². The van der Waals surface area contributed by atoms with Crippen molar-refractivity contribution >= 4 is 33.4 Å². The molecule has 92 valence electrons. The molecule has 0 aliphatic carbocycles. The van der Waals surface area contributed by atoms with Gasteiger partial charge in [0.15, 0.2) is 0 Å². The maximum Gasteiger partial charge on any atom is 0.225 e. The summed E-state index contributed by atoms with van der Waals surface area (Å²) in [5.74, 6) is 0.396. The van der Waals surface area contributed by atoms with E-state index in [0.717, 1.165) is 29.4 Å². The van der Waals surface area contributed by atoms with Gasteiger partial charge >= 0.3 is 0 Å². The van der Waals surface area contributed by atoms with Crippen molar-refractivity contribution in [1.29, 1.82) is 0 Å². The molecule has 4 heteroatoms. The fraction of sp³-hybridized carbons (Fsp3) is 0.462. The number of piperidine rings is 1. The van der Waals surface area contributed by atoms with Crippen LogP contribution in [0.2, 0.25) is 5.02 Å². The van der Waals surface area contributed by atoms with Crippen LogP contribution in [0.5, 0.6) is 0 Å². The molecule has 1 aromatic rings. The Morgan fingerprint density at radius 3 is 3.00 bits per heavy atom. The van der Waals surface area contributed by atoms with Crippen molar-refractivity contribution in [3.05, 3.63) is 33.3 Å². The molecule has 1 aromatic carbocycles. The van der Waals surface area contributed by atoms with Crippen LogP contribution in [-0.2, 0) is 11.3 Å². The van der Waals surface area contributed by atoms with Crippen LogP contribution in [0.15, 0.2) is 22.7 Å². The Labute approximate surface area is 115 Å². The second-order valence-electron chi connectivity index (χ2n) is 4.54. The minimum Gasteiger partial charge on any atom is -0.338 e. The summed E-state index contributed by atoms with van der Waals surface area (Å²) >= 11 is 9.54.